The van der Waals surface area contributed by atoms with E-state index in [4.69, 9.17) is 4.74 Å². The summed E-state index contributed by atoms with van der Waals surface area (Å²) in [6.45, 7) is 0. The molecule has 1 N–H and O–H groups in total. The first kappa shape index (κ1) is 19.8. The molecule has 5 atom stereocenters. The third-order valence-electron chi connectivity index (χ3n) is 8.58. The Morgan fingerprint density at radius 1 is 0.844 bits per heavy atom. The van der Waals surface area contributed by atoms with Crippen LogP contribution in [-0.2, 0) is 4.74 Å². The van der Waals surface area contributed by atoms with Gasteiger partial charge in [0.2, 0.25) is 0 Å². The van der Waals surface area contributed by atoms with E-state index in [1.807, 2.05) is 30.3 Å². The second kappa shape index (κ2) is 7.65. The van der Waals surface area contributed by atoms with Crippen LogP contribution in [0.1, 0.15) is 60.4 Å². The lowest BCUT2D eigenvalue weighted by molar-refractivity contribution is 0.0147. The summed E-state index contributed by atoms with van der Waals surface area (Å²) < 4.78 is 4.85. The molecule has 3 nitrogen and oxygen atoms in total. The highest BCUT2D eigenvalue weighted by Gasteiger charge is 2.46. The van der Waals surface area contributed by atoms with E-state index < -0.39 is 0 Å². The van der Waals surface area contributed by atoms with Crippen LogP contribution in [0.15, 0.2) is 54.6 Å². The highest BCUT2D eigenvalue weighted by atomic mass is 16.5. The van der Waals surface area contributed by atoms with Gasteiger partial charge in [-0.1, -0.05) is 30.7 Å². The summed E-state index contributed by atoms with van der Waals surface area (Å²) >= 11 is 0. The van der Waals surface area contributed by atoms with Gasteiger partial charge in [-0.3, -0.25) is 0 Å². The molecule has 0 saturated heterocycles. The third kappa shape index (κ3) is 3.30. The first-order chi connectivity index (χ1) is 15.6. The zero-order chi connectivity index (χ0) is 21.8. The van der Waals surface area contributed by atoms with Gasteiger partial charge >= 0.3 is 5.97 Å². The Morgan fingerprint density at radius 2 is 1.59 bits per heavy atom. The van der Waals surface area contributed by atoms with Crippen LogP contribution >= 0.6 is 0 Å². The summed E-state index contributed by atoms with van der Waals surface area (Å²) in [6.07, 6.45) is 8.18. The molecule has 3 bridgehead atoms. The topological polar surface area (TPSA) is 46.5 Å². The van der Waals surface area contributed by atoms with Gasteiger partial charge in [0.1, 0.15) is 5.75 Å². The van der Waals surface area contributed by atoms with E-state index in [1.165, 1.54) is 45.6 Å². The van der Waals surface area contributed by atoms with Crippen molar-refractivity contribution in [3.8, 4) is 16.9 Å². The number of phenols is 1. The molecule has 3 aliphatic rings. The fourth-order valence-corrected chi connectivity index (χ4v) is 7.18. The van der Waals surface area contributed by atoms with Crippen LogP contribution in [0.25, 0.3) is 21.9 Å². The van der Waals surface area contributed by atoms with Gasteiger partial charge in [0.05, 0.1) is 12.7 Å². The number of hydrogen-bond acceptors (Lipinski definition) is 3. The largest absolute Gasteiger partial charge is 0.508 e. The number of fused-ring (bicyclic) bond motifs is 3. The number of aromatic hydroxyl groups is 1. The molecule has 3 aromatic carbocycles. The quantitative estimate of drug-likeness (QED) is 0.462. The van der Waals surface area contributed by atoms with E-state index in [-0.39, 0.29) is 5.97 Å². The zero-order valence-corrected chi connectivity index (χ0v) is 18.6. The van der Waals surface area contributed by atoms with Crippen molar-refractivity contribution in [1.29, 1.82) is 0 Å². The Labute approximate surface area is 189 Å². The highest BCUT2D eigenvalue weighted by Crippen LogP contribution is 2.58. The van der Waals surface area contributed by atoms with Gasteiger partial charge in [0, 0.05) is 0 Å². The molecule has 0 spiro atoms. The lowest BCUT2D eigenvalue weighted by Crippen LogP contribution is -2.41. The average molecular weight is 427 g/mol. The number of esters is 1. The minimum absolute atomic E-state index is 0.314. The van der Waals surface area contributed by atoms with Crippen molar-refractivity contribution in [1.82, 2.24) is 0 Å². The van der Waals surface area contributed by atoms with E-state index in [2.05, 4.69) is 24.3 Å². The van der Waals surface area contributed by atoms with Crippen molar-refractivity contribution in [2.45, 2.75) is 44.4 Å². The minimum atomic E-state index is -0.314. The number of rotatable bonds is 3. The maximum absolute atomic E-state index is 11.8. The van der Waals surface area contributed by atoms with Crippen molar-refractivity contribution in [2.24, 2.45) is 23.7 Å². The Morgan fingerprint density at radius 3 is 2.47 bits per heavy atom. The van der Waals surface area contributed by atoms with Crippen molar-refractivity contribution in [3.63, 3.8) is 0 Å². The number of hydrogen-bond donors (Lipinski definition) is 1. The Hall–Kier alpha value is -2.81. The van der Waals surface area contributed by atoms with E-state index in [9.17, 15) is 9.90 Å². The molecule has 0 radical (unpaired) electrons. The molecule has 3 aliphatic carbocycles. The fraction of sp³-hybridized carbons (Fsp3) is 0.414. The normalized spacial score (nSPS) is 28.6. The summed E-state index contributed by atoms with van der Waals surface area (Å²) in [6, 6.07) is 18.2. The predicted molar refractivity (Wildman–Crippen MR) is 127 cm³/mol. The molecule has 3 heteroatoms. The summed E-state index contributed by atoms with van der Waals surface area (Å²) in [7, 11) is 1.41. The number of methoxy groups -OCH3 is 1. The van der Waals surface area contributed by atoms with Gasteiger partial charge < -0.3 is 9.84 Å². The second-order valence-corrected chi connectivity index (χ2v) is 10.3. The van der Waals surface area contributed by atoms with Crippen molar-refractivity contribution >= 4 is 16.7 Å². The summed E-state index contributed by atoms with van der Waals surface area (Å²) in [5, 5.41) is 13.0. The van der Waals surface area contributed by atoms with Gasteiger partial charge in [-0.05, 0) is 119 Å². The maximum Gasteiger partial charge on any atom is 0.337 e. The van der Waals surface area contributed by atoms with Gasteiger partial charge in [-0.25, -0.2) is 4.79 Å². The van der Waals surface area contributed by atoms with Crippen LogP contribution in [0.3, 0.4) is 0 Å². The van der Waals surface area contributed by atoms with Crippen LogP contribution in [0.2, 0.25) is 0 Å². The molecule has 3 saturated carbocycles. The minimum Gasteiger partial charge on any atom is -0.508 e. The smallest absolute Gasteiger partial charge is 0.337 e. The number of carbonyl (C=O) groups is 1. The number of benzene rings is 3. The SMILES string of the molecule is COC(=O)c1ccc2cc(-c3ccc(O)c(C4CC5CC6CCC4C(C6)C5)c3)ccc2c1. The van der Waals surface area contributed by atoms with Gasteiger partial charge in [0.15, 0.2) is 0 Å². The molecule has 3 fully saturated rings. The Kier molecular flexibility index (Phi) is 4.74. The molecule has 0 aromatic heterocycles. The van der Waals surface area contributed by atoms with Gasteiger partial charge in [-0.2, -0.15) is 0 Å². The first-order valence-electron chi connectivity index (χ1n) is 12.0. The molecule has 6 rings (SSSR count). The van der Waals surface area contributed by atoms with Crippen LogP contribution < -0.4 is 0 Å². The molecule has 0 amide bonds. The Bertz CT molecular complexity index is 1190. The molecular weight excluding hydrogens is 396 g/mol. The average Bonchev–Trinajstić information content (AvgIpc) is 2.81. The standard InChI is InChI=1S/C29H30O3/c1-32-29(31)23-6-5-19-14-20(3-4-21(19)15-23)22-7-9-28(30)27(16-22)26-13-18-10-17-2-8-25(26)24(11-17)12-18/h3-7,9,14-18,24-26,30H,2,8,10-13H2,1H3. The maximum atomic E-state index is 11.8. The van der Waals surface area contributed by atoms with Crippen molar-refractivity contribution < 1.29 is 14.6 Å². The monoisotopic (exact) mass is 426 g/mol. The number of ether oxygens (including phenoxy) is 1. The van der Waals surface area contributed by atoms with E-state index in [0.717, 1.165) is 51.1 Å². The summed E-state index contributed by atoms with van der Waals surface area (Å²) in [5.74, 6) is 4.04. The molecule has 32 heavy (non-hydrogen) atoms. The second-order valence-electron chi connectivity index (χ2n) is 10.3. The zero-order valence-electron chi connectivity index (χ0n) is 18.6. The van der Waals surface area contributed by atoms with Crippen LogP contribution in [0, 0.1) is 23.7 Å². The lowest BCUT2D eigenvalue weighted by Gasteiger charge is -2.52. The molecular formula is C29H30O3. The first-order valence-corrected chi connectivity index (χ1v) is 12.0. The summed E-state index contributed by atoms with van der Waals surface area (Å²) in [5.41, 5.74) is 4.02. The fourth-order valence-electron chi connectivity index (χ4n) is 7.18. The molecule has 164 valence electrons. The number of phenolic OH excluding ortho intramolecular Hbond substituents is 1. The van der Waals surface area contributed by atoms with Crippen LogP contribution in [0.5, 0.6) is 5.75 Å². The Balaban J connectivity index is 1.36. The molecule has 0 heterocycles. The van der Waals surface area contributed by atoms with Crippen LogP contribution in [-0.4, -0.2) is 18.2 Å². The van der Waals surface area contributed by atoms with E-state index in [0.29, 0.717) is 17.2 Å². The third-order valence-corrected chi connectivity index (χ3v) is 8.58. The molecule has 3 aromatic rings. The van der Waals surface area contributed by atoms with E-state index in [1.54, 1.807) is 0 Å². The highest BCUT2D eigenvalue weighted by molar-refractivity contribution is 5.96. The molecule has 5 unspecified atom stereocenters. The van der Waals surface area contributed by atoms with Gasteiger partial charge in [-0.15, -0.1) is 0 Å². The van der Waals surface area contributed by atoms with E-state index >= 15 is 0 Å². The predicted octanol–water partition coefficient (Wildman–Crippen LogP) is 6.93. The van der Waals surface area contributed by atoms with Crippen LogP contribution in [0.4, 0.5) is 0 Å². The van der Waals surface area contributed by atoms with Crippen molar-refractivity contribution in [3.05, 3.63) is 65.7 Å². The van der Waals surface area contributed by atoms with Crippen molar-refractivity contribution in [2.75, 3.05) is 7.11 Å². The number of carbonyl (C=O) groups excluding carboxylic acids is 1. The summed E-state index contributed by atoms with van der Waals surface area (Å²) in [4.78, 5) is 11.8. The van der Waals surface area contributed by atoms with Gasteiger partial charge in [0.25, 0.3) is 0 Å². The molecule has 0 aliphatic heterocycles. The lowest BCUT2D eigenvalue weighted by atomic mass is 9.53.